The lowest BCUT2D eigenvalue weighted by Gasteiger charge is -2.12. The Labute approximate surface area is 164 Å². The van der Waals surface area contributed by atoms with Crippen molar-refractivity contribution in [1.82, 2.24) is 15.6 Å². The molecule has 0 atom stereocenters. The van der Waals surface area contributed by atoms with Crippen LogP contribution in [0, 0.1) is 13.8 Å². The molecule has 0 saturated carbocycles. The fourth-order valence-electron chi connectivity index (χ4n) is 2.62. The van der Waals surface area contributed by atoms with Gasteiger partial charge in [0.2, 0.25) is 0 Å². The summed E-state index contributed by atoms with van der Waals surface area (Å²) in [5.74, 6) is 1.79. The van der Waals surface area contributed by atoms with Crippen molar-refractivity contribution in [2.45, 2.75) is 33.2 Å². The first kappa shape index (κ1) is 19.2. The van der Waals surface area contributed by atoms with Crippen LogP contribution in [0.1, 0.15) is 26.9 Å². The zero-order valence-corrected chi connectivity index (χ0v) is 16.7. The molecule has 0 fully saturated rings. The van der Waals surface area contributed by atoms with Crippen molar-refractivity contribution in [1.29, 1.82) is 0 Å². The molecular formula is C21H26N4OS. The van der Waals surface area contributed by atoms with E-state index >= 15 is 0 Å². The molecule has 3 aromatic rings. The van der Waals surface area contributed by atoms with Crippen LogP contribution in [0.5, 0.6) is 0 Å². The molecule has 27 heavy (non-hydrogen) atoms. The van der Waals surface area contributed by atoms with Crippen molar-refractivity contribution in [3.63, 3.8) is 0 Å². The largest absolute Gasteiger partial charge is 0.469 e. The third kappa shape index (κ3) is 6.25. The number of benzene rings is 1. The van der Waals surface area contributed by atoms with Crippen molar-refractivity contribution < 1.29 is 4.42 Å². The van der Waals surface area contributed by atoms with Crippen LogP contribution < -0.4 is 10.6 Å². The molecule has 0 unspecified atom stereocenters. The van der Waals surface area contributed by atoms with E-state index in [0.717, 1.165) is 48.4 Å². The molecule has 0 spiro atoms. The maximum atomic E-state index is 5.39. The van der Waals surface area contributed by atoms with Gasteiger partial charge in [-0.3, -0.25) is 0 Å². The minimum Gasteiger partial charge on any atom is -0.469 e. The summed E-state index contributed by atoms with van der Waals surface area (Å²) in [4.78, 5) is 10.6. The Morgan fingerprint density at radius 3 is 2.48 bits per heavy atom. The molecule has 2 N–H and O–H groups in total. The Kier molecular flexibility index (Phi) is 7.04. The van der Waals surface area contributed by atoms with E-state index < -0.39 is 0 Å². The number of nitrogens with zero attached hydrogens (tertiary/aromatic N) is 2. The van der Waals surface area contributed by atoms with Gasteiger partial charge in [-0.05, 0) is 31.5 Å². The number of nitrogens with one attached hydrogen (secondary N) is 2. The van der Waals surface area contributed by atoms with Crippen molar-refractivity contribution in [3.8, 4) is 0 Å². The Morgan fingerprint density at radius 1 is 1.04 bits per heavy atom. The third-order valence-electron chi connectivity index (χ3n) is 4.21. The summed E-state index contributed by atoms with van der Waals surface area (Å²) in [6, 6.07) is 14.2. The molecule has 142 valence electrons. The molecule has 0 saturated heterocycles. The second-order valence-corrected chi connectivity index (χ2v) is 7.62. The summed E-state index contributed by atoms with van der Waals surface area (Å²) in [7, 11) is 0. The lowest BCUT2D eigenvalue weighted by molar-refractivity contribution is 0.506. The molecule has 0 amide bonds. The highest BCUT2D eigenvalue weighted by Gasteiger charge is 2.05. The van der Waals surface area contributed by atoms with Crippen molar-refractivity contribution >= 4 is 17.3 Å². The van der Waals surface area contributed by atoms with Crippen LogP contribution in [0.2, 0.25) is 0 Å². The highest BCUT2D eigenvalue weighted by atomic mass is 32.1. The normalized spacial score (nSPS) is 11.6. The Bertz CT molecular complexity index is 821. The van der Waals surface area contributed by atoms with Crippen LogP contribution in [-0.2, 0) is 19.4 Å². The second kappa shape index (κ2) is 9.92. The van der Waals surface area contributed by atoms with E-state index in [0.29, 0.717) is 6.54 Å². The van der Waals surface area contributed by atoms with Gasteiger partial charge in [-0.2, -0.15) is 0 Å². The monoisotopic (exact) mass is 382 g/mol. The Morgan fingerprint density at radius 2 is 1.81 bits per heavy atom. The quantitative estimate of drug-likeness (QED) is 0.458. The van der Waals surface area contributed by atoms with Crippen molar-refractivity contribution in [2.75, 3.05) is 13.1 Å². The predicted octanol–water partition coefficient (Wildman–Crippen LogP) is 3.87. The second-order valence-electron chi connectivity index (χ2n) is 6.33. The van der Waals surface area contributed by atoms with Crippen LogP contribution in [0.3, 0.4) is 0 Å². The third-order valence-corrected chi connectivity index (χ3v) is 5.34. The van der Waals surface area contributed by atoms with Gasteiger partial charge >= 0.3 is 0 Å². The van der Waals surface area contributed by atoms with Gasteiger partial charge in [0.05, 0.1) is 23.5 Å². The van der Waals surface area contributed by atoms with Crippen molar-refractivity contribution in [2.24, 2.45) is 4.99 Å². The van der Waals surface area contributed by atoms with Gasteiger partial charge in [0.1, 0.15) is 5.76 Å². The van der Waals surface area contributed by atoms with E-state index in [1.807, 2.05) is 30.3 Å². The minimum absolute atomic E-state index is 0.645. The number of rotatable bonds is 8. The molecule has 1 aromatic carbocycles. The lowest BCUT2D eigenvalue weighted by atomic mass is 10.2. The summed E-state index contributed by atoms with van der Waals surface area (Å²) in [5.41, 5.74) is 2.32. The highest BCUT2D eigenvalue weighted by Crippen LogP contribution is 2.16. The topological polar surface area (TPSA) is 62.5 Å². The molecule has 0 radical (unpaired) electrons. The number of aliphatic imine (C=N–C) groups is 1. The molecule has 0 aliphatic heterocycles. The van der Waals surface area contributed by atoms with Gasteiger partial charge in [-0.15, -0.1) is 11.3 Å². The molecule has 2 aromatic heterocycles. The highest BCUT2D eigenvalue weighted by molar-refractivity contribution is 7.11. The Hall–Kier alpha value is -2.60. The van der Waals surface area contributed by atoms with Gasteiger partial charge in [-0.1, -0.05) is 30.3 Å². The molecule has 3 rings (SSSR count). The van der Waals surface area contributed by atoms with Crippen LogP contribution >= 0.6 is 11.3 Å². The number of thiazole rings is 1. The number of hydrogen-bond donors (Lipinski definition) is 2. The first-order valence-corrected chi connectivity index (χ1v) is 10.0. The summed E-state index contributed by atoms with van der Waals surface area (Å²) in [6.07, 6.45) is 3.42. The van der Waals surface area contributed by atoms with Crippen LogP contribution in [0.15, 0.2) is 58.1 Å². The summed E-state index contributed by atoms with van der Waals surface area (Å²) in [5, 5.41) is 7.98. The SMILES string of the molecule is Cc1nc(CCNC(=NCc2ccccc2)NCCc2ccco2)sc1C. The number of aromatic nitrogens is 1. The van der Waals surface area contributed by atoms with Gasteiger partial charge in [0.25, 0.3) is 0 Å². The zero-order chi connectivity index (χ0) is 18.9. The number of guanidine groups is 1. The fraction of sp³-hybridized carbons (Fsp3) is 0.333. The molecule has 0 aliphatic rings. The number of aryl methyl sites for hydroxylation is 2. The average Bonchev–Trinajstić information content (AvgIpc) is 3.30. The van der Waals surface area contributed by atoms with E-state index in [-0.39, 0.29) is 0 Å². The molecule has 5 nitrogen and oxygen atoms in total. The summed E-state index contributed by atoms with van der Waals surface area (Å²) >= 11 is 1.77. The zero-order valence-electron chi connectivity index (χ0n) is 15.9. The molecular weight excluding hydrogens is 356 g/mol. The van der Waals surface area contributed by atoms with Crippen molar-refractivity contribution in [3.05, 3.63) is 75.6 Å². The van der Waals surface area contributed by atoms with Crippen LogP contribution in [0.4, 0.5) is 0 Å². The van der Waals surface area contributed by atoms with Gasteiger partial charge in [0, 0.05) is 30.8 Å². The molecule has 0 aliphatic carbocycles. The summed E-state index contributed by atoms with van der Waals surface area (Å²) < 4.78 is 5.39. The first-order valence-electron chi connectivity index (χ1n) is 9.22. The molecule has 0 bridgehead atoms. The predicted molar refractivity (Wildman–Crippen MR) is 111 cm³/mol. The van der Waals surface area contributed by atoms with E-state index in [1.165, 1.54) is 10.4 Å². The smallest absolute Gasteiger partial charge is 0.191 e. The maximum Gasteiger partial charge on any atom is 0.191 e. The minimum atomic E-state index is 0.645. The number of furan rings is 1. The molecule has 6 heteroatoms. The maximum absolute atomic E-state index is 5.39. The van der Waals surface area contributed by atoms with Gasteiger partial charge in [0.15, 0.2) is 5.96 Å². The van der Waals surface area contributed by atoms with E-state index in [9.17, 15) is 0 Å². The van der Waals surface area contributed by atoms with Crippen LogP contribution in [-0.4, -0.2) is 24.0 Å². The summed E-state index contributed by atoms with van der Waals surface area (Å²) in [6.45, 7) is 6.39. The molecule has 2 heterocycles. The van der Waals surface area contributed by atoms with E-state index in [2.05, 4.69) is 41.6 Å². The first-order chi connectivity index (χ1) is 13.2. The Balaban J connectivity index is 1.54. The van der Waals surface area contributed by atoms with E-state index in [1.54, 1.807) is 17.6 Å². The van der Waals surface area contributed by atoms with Gasteiger partial charge < -0.3 is 15.1 Å². The standard InChI is InChI=1S/C21H26N4OS/c1-16-17(2)27-20(25-16)11-13-23-21(22-12-10-19-9-6-14-26-19)24-15-18-7-4-3-5-8-18/h3-9,14H,10-13,15H2,1-2H3,(H2,22,23,24). The van der Waals surface area contributed by atoms with E-state index in [4.69, 9.17) is 9.41 Å². The average molecular weight is 383 g/mol. The lowest BCUT2D eigenvalue weighted by Crippen LogP contribution is -2.39. The number of hydrogen-bond acceptors (Lipinski definition) is 4. The van der Waals surface area contributed by atoms with Gasteiger partial charge in [-0.25, -0.2) is 9.98 Å². The van der Waals surface area contributed by atoms with Crippen LogP contribution in [0.25, 0.3) is 0 Å². The fourth-order valence-corrected chi connectivity index (χ4v) is 3.55.